The van der Waals surface area contributed by atoms with Crippen molar-refractivity contribution in [1.82, 2.24) is 0 Å². The van der Waals surface area contributed by atoms with Gasteiger partial charge in [0.2, 0.25) is 0 Å². The first kappa shape index (κ1) is 17.2. The standard InChI is InChI=1S/C19H32O/c1-5-7-15-19(20,14-6-2)18(3,4)16-13-17-11-9-8-10-12-17/h8-12,20H,5-7,13-16H2,1-4H3. The number of aryl methyl sites for hydroxylation is 1. The normalized spacial score (nSPS) is 15.1. The van der Waals surface area contributed by atoms with E-state index in [4.69, 9.17) is 0 Å². The van der Waals surface area contributed by atoms with E-state index in [1.54, 1.807) is 0 Å². The van der Waals surface area contributed by atoms with Crippen molar-refractivity contribution < 1.29 is 5.11 Å². The van der Waals surface area contributed by atoms with E-state index in [9.17, 15) is 5.11 Å². The van der Waals surface area contributed by atoms with Crippen molar-refractivity contribution in [1.29, 1.82) is 0 Å². The molecule has 0 bridgehead atoms. The van der Waals surface area contributed by atoms with Gasteiger partial charge in [-0.25, -0.2) is 0 Å². The van der Waals surface area contributed by atoms with Crippen molar-refractivity contribution in [3.05, 3.63) is 35.9 Å². The van der Waals surface area contributed by atoms with Gasteiger partial charge in [-0.1, -0.05) is 77.3 Å². The molecule has 0 aliphatic heterocycles. The summed E-state index contributed by atoms with van der Waals surface area (Å²) in [5, 5.41) is 11.1. The summed E-state index contributed by atoms with van der Waals surface area (Å²) in [5.41, 5.74) is 0.815. The molecule has 0 heterocycles. The minimum atomic E-state index is -0.521. The lowest BCUT2D eigenvalue weighted by Gasteiger charge is -2.43. The zero-order chi connectivity index (χ0) is 15.1. The molecule has 1 aromatic carbocycles. The van der Waals surface area contributed by atoms with Gasteiger partial charge in [0.25, 0.3) is 0 Å². The molecule has 0 radical (unpaired) electrons. The molecular formula is C19H32O. The average molecular weight is 276 g/mol. The predicted octanol–water partition coefficient (Wildman–Crippen LogP) is 5.37. The number of benzene rings is 1. The van der Waals surface area contributed by atoms with E-state index in [1.165, 1.54) is 5.56 Å². The van der Waals surface area contributed by atoms with Crippen molar-refractivity contribution in [2.24, 2.45) is 5.41 Å². The van der Waals surface area contributed by atoms with Crippen molar-refractivity contribution >= 4 is 0 Å². The summed E-state index contributed by atoms with van der Waals surface area (Å²) >= 11 is 0. The molecule has 0 amide bonds. The van der Waals surface area contributed by atoms with E-state index in [-0.39, 0.29) is 5.41 Å². The molecule has 1 atom stereocenters. The molecule has 0 spiro atoms. The molecule has 20 heavy (non-hydrogen) atoms. The van der Waals surface area contributed by atoms with Crippen LogP contribution in [0.3, 0.4) is 0 Å². The van der Waals surface area contributed by atoms with Crippen LogP contribution in [0.15, 0.2) is 30.3 Å². The van der Waals surface area contributed by atoms with Gasteiger partial charge in [0.05, 0.1) is 5.60 Å². The zero-order valence-corrected chi connectivity index (χ0v) is 13.8. The van der Waals surface area contributed by atoms with Crippen LogP contribution in [0.4, 0.5) is 0 Å². The zero-order valence-electron chi connectivity index (χ0n) is 13.8. The maximum Gasteiger partial charge on any atom is 0.0698 e. The van der Waals surface area contributed by atoms with E-state index >= 15 is 0 Å². The van der Waals surface area contributed by atoms with Gasteiger partial charge in [-0.3, -0.25) is 0 Å². The molecule has 1 nitrogen and oxygen atoms in total. The quantitative estimate of drug-likeness (QED) is 0.643. The van der Waals surface area contributed by atoms with Crippen LogP contribution in [0, 0.1) is 5.41 Å². The molecule has 0 aromatic heterocycles. The summed E-state index contributed by atoms with van der Waals surface area (Å²) in [6.07, 6.45) is 7.25. The molecule has 1 aromatic rings. The van der Waals surface area contributed by atoms with E-state index in [2.05, 4.69) is 58.0 Å². The Bertz CT molecular complexity index is 369. The van der Waals surface area contributed by atoms with Gasteiger partial charge in [0, 0.05) is 0 Å². The van der Waals surface area contributed by atoms with Crippen molar-refractivity contribution in [2.45, 2.75) is 78.2 Å². The summed E-state index contributed by atoms with van der Waals surface area (Å²) in [6, 6.07) is 10.6. The Morgan fingerprint density at radius 3 is 2.10 bits per heavy atom. The molecule has 0 fully saturated rings. The van der Waals surface area contributed by atoms with Crippen LogP contribution in [0.5, 0.6) is 0 Å². The fourth-order valence-corrected chi connectivity index (χ4v) is 3.02. The molecule has 0 saturated carbocycles. The van der Waals surface area contributed by atoms with Gasteiger partial charge in [-0.2, -0.15) is 0 Å². The maximum atomic E-state index is 11.1. The number of aliphatic hydroxyl groups is 1. The fourth-order valence-electron chi connectivity index (χ4n) is 3.02. The van der Waals surface area contributed by atoms with Gasteiger partial charge in [-0.15, -0.1) is 0 Å². The summed E-state index contributed by atoms with van der Waals surface area (Å²) in [7, 11) is 0. The second kappa shape index (κ2) is 7.83. The van der Waals surface area contributed by atoms with Crippen LogP contribution in [0.1, 0.15) is 71.8 Å². The number of hydrogen-bond acceptors (Lipinski definition) is 1. The Hall–Kier alpha value is -0.820. The Kier molecular flexibility index (Phi) is 6.75. The molecule has 114 valence electrons. The second-order valence-electron chi connectivity index (χ2n) is 6.75. The number of hydrogen-bond donors (Lipinski definition) is 1. The Morgan fingerprint density at radius 2 is 1.55 bits per heavy atom. The molecule has 1 rings (SSSR count). The highest BCUT2D eigenvalue weighted by Gasteiger charge is 2.41. The van der Waals surface area contributed by atoms with Gasteiger partial charge in [0.15, 0.2) is 0 Å². The molecule has 0 aliphatic rings. The van der Waals surface area contributed by atoms with Crippen molar-refractivity contribution in [2.75, 3.05) is 0 Å². The van der Waals surface area contributed by atoms with Crippen LogP contribution in [0.25, 0.3) is 0 Å². The minimum Gasteiger partial charge on any atom is -0.389 e. The Morgan fingerprint density at radius 1 is 0.900 bits per heavy atom. The topological polar surface area (TPSA) is 20.2 Å². The average Bonchev–Trinajstić information content (AvgIpc) is 2.44. The molecule has 1 N–H and O–H groups in total. The Balaban J connectivity index is 2.71. The molecule has 1 heteroatoms. The van der Waals surface area contributed by atoms with Gasteiger partial charge >= 0.3 is 0 Å². The van der Waals surface area contributed by atoms with Crippen LogP contribution in [0.2, 0.25) is 0 Å². The monoisotopic (exact) mass is 276 g/mol. The SMILES string of the molecule is CCCCC(O)(CCC)C(C)(C)CCc1ccccc1. The number of unbranched alkanes of at least 4 members (excludes halogenated alkanes) is 1. The minimum absolute atomic E-state index is 0.0337. The third-order valence-electron chi connectivity index (χ3n) is 4.75. The third kappa shape index (κ3) is 4.63. The predicted molar refractivity (Wildman–Crippen MR) is 87.9 cm³/mol. The smallest absolute Gasteiger partial charge is 0.0698 e. The van der Waals surface area contributed by atoms with Crippen LogP contribution < -0.4 is 0 Å². The van der Waals surface area contributed by atoms with Crippen LogP contribution >= 0.6 is 0 Å². The van der Waals surface area contributed by atoms with Crippen molar-refractivity contribution in [3.63, 3.8) is 0 Å². The summed E-state index contributed by atoms with van der Waals surface area (Å²) in [4.78, 5) is 0. The van der Waals surface area contributed by atoms with Gasteiger partial charge < -0.3 is 5.11 Å². The third-order valence-corrected chi connectivity index (χ3v) is 4.75. The van der Waals surface area contributed by atoms with Gasteiger partial charge in [0.1, 0.15) is 0 Å². The highest BCUT2D eigenvalue weighted by atomic mass is 16.3. The molecule has 0 aliphatic carbocycles. The van der Waals surface area contributed by atoms with Crippen LogP contribution in [-0.2, 0) is 6.42 Å². The number of rotatable bonds is 9. The second-order valence-corrected chi connectivity index (χ2v) is 6.75. The highest BCUT2D eigenvalue weighted by molar-refractivity contribution is 5.15. The summed E-state index contributed by atoms with van der Waals surface area (Å²) in [6.45, 7) is 8.84. The van der Waals surface area contributed by atoms with Crippen LogP contribution in [-0.4, -0.2) is 10.7 Å². The highest BCUT2D eigenvalue weighted by Crippen LogP contribution is 2.42. The summed E-state index contributed by atoms with van der Waals surface area (Å²) < 4.78 is 0. The largest absolute Gasteiger partial charge is 0.389 e. The first-order chi connectivity index (χ1) is 9.45. The van der Waals surface area contributed by atoms with E-state index in [0.717, 1.165) is 44.9 Å². The first-order valence-corrected chi connectivity index (χ1v) is 8.21. The summed E-state index contributed by atoms with van der Waals surface area (Å²) in [5.74, 6) is 0. The molecular weight excluding hydrogens is 244 g/mol. The lowest BCUT2D eigenvalue weighted by molar-refractivity contribution is -0.0856. The lowest BCUT2D eigenvalue weighted by atomic mass is 9.67. The van der Waals surface area contributed by atoms with E-state index in [0.29, 0.717) is 0 Å². The van der Waals surface area contributed by atoms with E-state index in [1.807, 2.05) is 0 Å². The lowest BCUT2D eigenvalue weighted by Crippen LogP contribution is -2.45. The molecule has 0 saturated heterocycles. The molecule has 1 unspecified atom stereocenters. The first-order valence-electron chi connectivity index (χ1n) is 8.21. The van der Waals surface area contributed by atoms with Crippen molar-refractivity contribution in [3.8, 4) is 0 Å². The maximum absolute atomic E-state index is 11.1. The van der Waals surface area contributed by atoms with E-state index < -0.39 is 5.60 Å². The Labute approximate surface area is 125 Å². The fraction of sp³-hybridized carbons (Fsp3) is 0.684. The van der Waals surface area contributed by atoms with Gasteiger partial charge in [-0.05, 0) is 36.7 Å².